The Morgan fingerprint density at radius 3 is 1.40 bits per heavy atom. The quantitative estimate of drug-likeness (QED) is 0.203. The van der Waals surface area contributed by atoms with E-state index in [4.69, 9.17) is 4.79 Å². The van der Waals surface area contributed by atoms with Crippen LogP contribution in [0.5, 0.6) is 0 Å². The van der Waals surface area contributed by atoms with Gasteiger partial charge in [-0.1, -0.05) is 0 Å². The molecule has 1 nitrogen and oxygen atoms in total. The Bertz CT molecular complexity index is 17.1. The lowest BCUT2D eigenvalue weighted by molar-refractivity contribution is 0.572. The first-order chi connectivity index (χ1) is 1.41. The molecule has 0 rings (SSSR count). The monoisotopic (exact) mass is 216 g/mol. The van der Waals surface area contributed by atoms with Gasteiger partial charge in [0.25, 0.3) is 0 Å². The van der Waals surface area contributed by atoms with Gasteiger partial charge in [-0.15, -0.1) is 0 Å². The highest BCUT2D eigenvalue weighted by Crippen LogP contribution is 1.54. The second kappa shape index (κ2) is 17.9. The number of hydrogen-bond donors (Lipinski definition) is 0. The van der Waals surface area contributed by atoms with Gasteiger partial charge >= 0.3 is 0 Å². The summed E-state index contributed by atoms with van der Waals surface area (Å²) in [5, 5.41) is 0. The summed E-state index contributed by atoms with van der Waals surface area (Å²) in [6.07, 6.45) is 0. The molecule has 0 spiro atoms. The van der Waals surface area contributed by atoms with E-state index in [2.05, 4.69) is 0 Å². The van der Waals surface area contributed by atoms with E-state index in [1.807, 2.05) is 0 Å². The molecule has 0 aliphatic carbocycles. The third kappa shape index (κ3) is 30.6. The van der Waals surface area contributed by atoms with Crippen molar-refractivity contribution in [3.8, 4) is 0 Å². The third-order valence-corrected chi connectivity index (χ3v) is 0. The van der Waals surface area contributed by atoms with Gasteiger partial charge in [-0.3, -0.25) is 4.79 Å². The SMILES string of the molecule is O=CI.[AlH3].[AlH3]. The number of carbonyl (C=O) groups is 1. The van der Waals surface area contributed by atoms with Crippen LogP contribution >= 0.6 is 22.6 Å². The molecule has 30 valence electrons. The van der Waals surface area contributed by atoms with Crippen LogP contribution < -0.4 is 0 Å². The third-order valence-electron chi connectivity index (χ3n) is 0. The molecule has 0 aromatic heterocycles. The molecule has 0 N–H and O–H groups in total. The van der Waals surface area contributed by atoms with Gasteiger partial charge in [-0.05, 0) is 22.6 Å². The number of rotatable bonds is 0. The highest BCUT2D eigenvalue weighted by molar-refractivity contribution is 14.1. The molecule has 0 saturated heterocycles. The Morgan fingerprint density at radius 2 is 1.40 bits per heavy atom. The van der Waals surface area contributed by atoms with Crippen molar-refractivity contribution in [1.29, 1.82) is 0 Å². The van der Waals surface area contributed by atoms with Crippen molar-refractivity contribution in [3.05, 3.63) is 0 Å². The Morgan fingerprint density at radius 1 is 1.40 bits per heavy atom. The second-order valence-corrected chi connectivity index (χ2v) is 0.598. The van der Waals surface area contributed by atoms with Gasteiger partial charge < -0.3 is 0 Å². The maximum atomic E-state index is 8.79. The smallest absolute Gasteiger partial charge is 0.187 e. The predicted octanol–water partition coefficient (Wildman–Crippen LogP) is -1.76. The van der Waals surface area contributed by atoms with Crippen molar-refractivity contribution < 1.29 is 4.79 Å². The van der Waals surface area contributed by atoms with E-state index in [0.717, 1.165) is 4.29 Å². The lowest BCUT2D eigenvalue weighted by Gasteiger charge is -1.20. The zero-order chi connectivity index (χ0) is 2.71. The first-order valence-electron chi connectivity index (χ1n) is 0.454. The molecule has 0 bridgehead atoms. The molecule has 0 radical (unpaired) electrons. The summed E-state index contributed by atoms with van der Waals surface area (Å²) < 4.78 is 0.720. The van der Waals surface area contributed by atoms with Crippen LogP contribution in [-0.4, -0.2) is 39.0 Å². The summed E-state index contributed by atoms with van der Waals surface area (Å²) in [6, 6.07) is 0. The van der Waals surface area contributed by atoms with Crippen molar-refractivity contribution in [3.63, 3.8) is 0 Å². The maximum Gasteiger partial charge on any atom is 0.187 e. The van der Waals surface area contributed by atoms with Gasteiger partial charge in [0.05, 0.1) is 0 Å². The zero-order valence-corrected chi connectivity index (χ0v) is 3.52. The molecule has 5 heavy (non-hydrogen) atoms. The summed E-state index contributed by atoms with van der Waals surface area (Å²) in [5.41, 5.74) is 0. The standard InChI is InChI=1S/CHIO.2Al.6H/c2-1-3;;;;;;;;/h1H;;;;;;;;. The van der Waals surface area contributed by atoms with E-state index in [1.54, 1.807) is 22.6 Å². The van der Waals surface area contributed by atoms with Crippen LogP contribution in [0, 0.1) is 0 Å². The van der Waals surface area contributed by atoms with Crippen LogP contribution in [-0.2, 0) is 4.79 Å². The first kappa shape index (κ1) is 16.1. The summed E-state index contributed by atoms with van der Waals surface area (Å²) in [4.78, 5) is 8.79. The van der Waals surface area contributed by atoms with Gasteiger partial charge in [0.15, 0.2) is 39.0 Å². The van der Waals surface area contributed by atoms with Gasteiger partial charge in [0.2, 0.25) is 0 Å². The first-order valence-corrected chi connectivity index (χ1v) is 1.70. The average Bonchev–Trinajstić information content (AvgIpc) is 0.918. The van der Waals surface area contributed by atoms with E-state index >= 15 is 0 Å². The average molecular weight is 216 g/mol. The fraction of sp³-hybridized carbons (Fsp3) is 0. The topological polar surface area (TPSA) is 17.1 Å². The second-order valence-electron chi connectivity index (χ2n) is 0.0891. The van der Waals surface area contributed by atoms with Crippen LogP contribution in [0.15, 0.2) is 0 Å². The van der Waals surface area contributed by atoms with Crippen LogP contribution in [0.2, 0.25) is 0 Å². The minimum absolute atomic E-state index is 0. The summed E-state index contributed by atoms with van der Waals surface area (Å²) in [6.45, 7) is 0. The van der Waals surface area contributed by atoms with Gasteiger partial charge in [0.1, 0.15) is 0 Å². The van der Waals surface area contributed by atoms with Gasteiger partial charge in [-0.2, -0.15) is 0 Å². The molecule has 0 fully saturated rings. The molecule has 0 heterocycles. The highest BCUT2D eigenvalue weighted by atomic mass is 127. The number of hydrogen-bond acceptors (Lipinski definition) is 1. The van der Waals surface area contributed by atoms with Crippen molar-refractivity contribution >= 4 is 61.6 Å². The molecule has 0 unspecified atom stereocenters. The van der Waals surface area contributed by atoms with Gasteiger partial charge in [0, 0.05) is 0 Å². The largest absolute Gasteiger partial charge is 0.292 e. The molecule has 0 aliphatic rings. The lowest BCUT2D eigenvalue weighted by Crippen LogP contribution is -1.21. The van der Waals surface area contributed by atoms with Crippen molar-refractivity contribution in [2.45, 2.75) is 0 Å². The molecule has 0 atom stereocenters. The van der Waals surface area contributed by atoms with Crippen LogP contribution in [0.3, 0.4) is 0 Å². The fourth-order valence-corrected chi connectivity index (χ4v) is 0. The minimum atomic E-state index is 0. The van der Waals surface area contributed by atoms with E-state index in [9.17, 15) is 0 Å². The number of halogens is 1. The van der Waals surface area contributed by atoms with E-state index in [0.29, 0.717) is 0 Å². The summed E-state index contributed by atoms with van der Waals surface area (Å²) >= 11 is 1.61. The molecular formula is CH7Al2IO. The fourth-order valence-electron chi connectivity index (χ4n) is 0. The van der Waals surface area contributed by atoms with Crippen molar-refractivity contribution in [1.82, 2.24) is 0 Å². The Hall–Kier alpha value is 1.46. The van der Waals surface area contributed by atoms with Crippen LogP contribution in [0.4, 0.5) is 0 Å². The molecule has 0 aliphatic heterocycles. The minimum Gasteiger partial charge on any atom is -0.292 e. The summed E-state index contributed by atoms with van der Waals surface area (Å²) in [7, 11) is 0. The van der Waals surface area contributed by atoms with Crippen molar-refractivity contribution in [2.75, 3.05) is 0 Å². The summed E-state index contributed by atoms with van der Waals surface area (Å²) in [5.74, 6) is 0. The molecule has 0 amide bonds. The van der Waals surface area contributed by atoms with E-state index < -0.39 is 0 Å². The predicted molar refractivity (Wildman–Crippen MR) is 40.6 cm³/mol. The Balaban J connectivity index is -0.0000000200. The maximum absolute atomic E-state index is 8.79. The molecular weight excluding hydrogens is 209 g/mol. The van der Waals surface area contributed by atoms with E-state index in [1.165, 1.54) is 0 Å². The lowest BCUT2D eigenvalue weighted by atomic mass is 11.9. The Kier molecular flexibility index (Phi) is 57.7. The van der Waals surface area contributed by atoms with Crippen molar-refractivity contribution in [2.24, 2.45) is 0 Å². The molecule has 0 aromatic rings. The van der Waals surface area contributed by atoms with Gasteiger partial charge in [-0.25, -0.2) is 0 Å². The highest BCUT2D eigenvalue weighted by Gasteiger charge is 1.28. The zero-order valence-electron chi connectivity index (χ0n) is 1.36. The normalized spacial score (nSPS) is 2.60. The Labute approximate surface area is 65.9 Å². The molecule has 4 heteroatoms. The van der Waals surface area contributed by atoms with Crippen LogP contribution in [0.25, 0.3) is 0 Å². The molecule has 0 aromatic carbocycles. The molecule has 0 saturated carbocycles. The van der Waals surface area contributed by atoms with Crippen LogP contribution in [0.1, 0.15) is 0 Å². The number of carbonyl (C=O) groups excluding carboxylic acids is 1. The van der Waals surface area contributed by atoms with E-state index in [-0.39, 0.29) is 34.7 Å².